The molecule has 154 valence electrons. The van der Waals surface area contributed by atoms with Crippen molar-refractivity contribution in [2.75, 3.05) is 6.61 Å². The van der Waals surface area contributed by atoms with E-state index >= 15 is 0 Å². The Bertz CT molecular complexity index is 1320. The highest BCUT2D eigenvalue weighted by Crippen LogP contribution is 2.29. The molecule has 0 saturated heterocycles. The van der Waals surface area contributed by atoms with Crippen LogP contribution in [0.25, 0.3) is 16.6 Å². The fourth-order valence-electron chi connectivity index (χ4n) is 3.43. The summed E-state index contributed by atoms with van der Waals surface area (Å²) < 4.78 is 13.0. The van der Waals surface area contributed by atoms with Crippen molar-refractivity contribution in [3.8, 4) is 5.75 Å². The molecule has 1 amide bonds. The summed E-state index contributed by atoms with van der Waals surface area (Å²) in [6.45, 7) is 7.09. The van der Waals surface area contributed by atoms with Crippen LogP contribution in [0.4, 0.5) is 0 Å². The second kappa shape index (κ2) is 7.62. The molecule has 0 saturated carbocycles. The van der Waals surface area contributed by atoms with E-state index in [-0.39, 0.29) is 24.2 Å². The molecule has 30 heavy (non-hydrogen) atoms. The van der Waals surface area contributed by atoms with Gasteiger partial charge >= 0.3 is 5.63 Å². The number of benzene rings is 1. The number of aryl methyl sites for hydroxylation is 2. The van der Waals surface area contributed by atoms with E-state index in [4.69, 9.17) is 9.15 Å². The van der Waals surface area contributed by atoms with Gasteiger partial charge in [-0.3, -0.25) is 9.20 Å². The Morgan fingerprint density at radius 2 is 1.93 bits per heavy atom. The van der Waals surface area contributed by atoms with E-state index in [0.29, 0.717) is 33.9 Å². The van der Waals surface area contributed by atoms with Gasteiger partial charge in [0.05, 0.1) is 6.04 Å². The monoisotopic (exact) mass is 406 g/mol. The molecular weight excluding hydrogens is 384 g/mol. The molecule has 0 unspecified atom stereocenters. The second-order valence-electron chi connectivity index (χ2n) is 7.27. The number of nitrogens with zero attached hydrogens (tertiary/aromatic N) is 3. The third-order valence-corrected chi connectivity index (χ3v) is 5.29. The minimum absolute atomic E-state index is 0.178. The summed E-state index contributed by atoms with van der Waals surface area (Å²) in [5.41, 5.74) is 2.96. The van der Waals surface area contributed by atoms with E-state index in [1.54, 1.807) is 19.9 Å². The number of amides is 1. The Kier molecular flexibility index (Phi) is 4.99. The molecular formula is C22H22N4O4. The highest BCUT2D eigenvalue weighted by atomic mass is 16.5. The van der Waals surface area contributed by atoms with Crippen molar-refractivity contribution in [1.82, 2.24) is 19.9 Å². The van der Waals surface area contributed by atoms with Crippen LogP contribution in [-0.2, 0) is 4.79 Å². The molecule has 1 atom stereocenters. The van der Waals surface area contributed by atoms with Crippen molar-refractivity contribution in [2.24, 2.45) is 0 Å². The average molecular weight is 406 g/mol. The minimum Gasteiger partial charge on any atom is -0.483 e. The Morgan fingerprint density at radius 3 is 2.73 bits per heavy atom. The number of nitrogens with one attached hydrogen (secondary N) is 1. The summed E-state index contributed by atoms with van der Waals surface area (Å²) in [5.74, 6) is 0.828. The van der Waals surface area contributed by atoms with Crippen LogP contribution in [0.15, 0.2) is 45.7 Å². The van der Waals surface area contributed by atoms with Crippen molar-refractivity contribution < 1.29 is 13.9 Å². The molecule has 4 rings (SSSR count). The maximum atomic E-state index is 12.4. The standard InChI is InChI=1S/C22H22N4O4/c1-12-13(2)22(28)30-20-14(3)17(9-8-16(12)20)29-11-19(27)23-15(4)21-25-24-18-7-5-6-10-26(18)21/h5-10,15H,11H2,1-4H3,(H,23,27)/t15-/m0/s1. The quantitative estimate of drug-likeness (QED) is 0.512. The van der Waals surface area contributed by atoms with Gasteiger partial charge in [-0.1, -0.05) is 6.07 Å². The third kappa shape index (κ3) is 3.41. The lowest BCUT2D eigenvalue weighted by Gasteiger charge is -2.14. The summed E-state index contributed by atoms with van der Waals surface area (Å²) in [6, 6.07) is 8.87. The van der Waals surface area contributed by atoms with E-state index in [9.17, 15) is 9.59 Å². The molecule has 0 aliphatic heterocycles. The van der Waals surface area contributed by atoms with Crippen LogP contribution in [0.2, 0.25) is 0 Å². The summed E-state index contributed by atoms with van der Waals surface area (Å²) in [4.78, 5) is 24.4. The van der Waals surface area contributed by atoms with Gasteiger partial charge in [0.25, 0.3) is 5.91 Å². The number of fused-ring (bicyclic) bond motifs is 2. The lowest BCUT2D eigenvalue weighted by molar-refractivity contribution is -0.123. The first-order chi connectivity index (χ1) is 14.4. The van der Waals surface area contributed by atoms with Crippen LogP contribution < -0.4 is 15.7 Å². The van der Waals surface area contributed by atoms with Gasteiger partial charge in [0.15, 0.2) is 18.1 Å². The zero-order valence-corrected chi connectivity index (χ0v) is 17.2. The highest BCUT2D eigenvalue weighted by Gasteiger charge is 2.17. The lowest BCUT2D eigenvalue weighted by atomic mass is 10.0. The van der Waals surface area contributed by atoms with Crippen LogP contribution in [0.1, 0.15) is 35.5 Å². The lowest BCUT2D eigenvalue weighted by Crippen LogP contribution is -2.32. The summed E-state index contributed by atoms with van der Waals surface area (Å²) in [6.07, 6.45) is 1.85. The van der Waals surface area contributed by atoms with Gasteiger partial charge in [0.2, 0.25) is 0 Å². The summed E-state index contributed by atoms with van der Waals surface area (Å²) in [7, 11) is 0. The van der Waals surface area contributed by atoms with Gasteiger partial charge in [0.1, 0.15) is 11.3 Å². The molecule has 1 N–H and O–H groups in total. The average Bonchev–Trinajstić information content (AvgIpc) is 3.16. The van der Waals surface area contributed by atoms with Gasteiger partial charge in [-0.05, 0) is 57.5 Å². The topological polar surface area (TPSA) is 98.7 Å². The fourth-order valence-corrected chi connectivity index (χ4v) is 3.43. The molecule has 0 fully saturated rings. The molecule has 0 aliphatic carbocycles. The molecule has 0 radical (unpaired) electrons. The van der Waals surface area contributed by atoms with Crippen LogP contribution >= 0.6 is 0 Å². The number of hydrogen-bond acceptors (Lipinski definition) is 6. The second-order valence-corrected chi connectivity index (χ2v) is 7.27. The molecule has 4 aromatic rings. The number of carbonyl (C=O) groups is 1. The number of carbonyl (C=O) groups excluding carboxylic acids is 1. The van der Waals surface area contributed by atoms with Crippen LogP contribution in [-0.4, -0.2) is 27.1 Å². The SMILES string of the molecule is Cc1c(C)c2ccc(OCC(=O)N[C@@H](C)c3nnc4ccccn34)c(C)c2oc1=O. The van der Waals surface area contributed by atoms with Crippen molar-refractivity contribution in [3.05, 3.63) is 69.5 Å². The predicted octanol–water partition coefficient (Wildman–Crippen LogP) is 3.02. The summed E-state index contributed by atoms with van der Waals surface area (Å²) in [5, 5.41) is 12.0. The third-order valence-electron chi connectivity index (χ3n) is 5.29. The molecule has 1 aromatic carbocycles. The first-order valence-corrected chi connectivity index (χ1v) is 9.62. The molecule has 8 nitrogen and oxygen atoms in total. The van der Waals surface area contributed by atoms with Gasteiger partial charge < -0.3 is 14.5 Å². The number of rotatable bonds is 5. The first kappa shape index (κ1) is 19.6. The normalized spacial score (nSPS) is 12.3. The van der Waals surface area contributed by atoms with Gasteiger partial charge in [-0.2, -0.15) is 0 Å². The maximum Gasteiger partial charge on any atom is 0.339 e. The number of aromatic nitrogens is 3. The smallest absolute Gasteiger partial charge is 0.339 e. The van der Waals surface area contributed by atoms with Crippen LogP contribution in [0.5, 0.6) is 5.75 Å². The fraction of sp³-hybridized carbons (Fsp3) is 0.273. The Balaban J connectivity index is 1.48. The Hall–Kier alpha value is -3.68. The number of hydrogen-bond donors (Lipinski definition) is 1. The van der Waals surface area contributed by atoms with E-state index < -0.39 is 0 Å². The molecule has 0 bridgehead atoms. The van der Waals surface area contributed by atoms with Gasteiger partial charge in [0, 0.05) is 22.7 Å². The van der Waals surface area contributed by atoms with E-state index in [2.05, 4.69) is 15.5 Å². The minimum atomic E-state index is -0.368. The van der Waals surface area contributed by atoms with Crippen molar-refractivity contribution in [3.63, 3.8) is 0 Å². The van der Waals surface area contributed by atoms with Gasteiger partial charge in [-0.25, -0.2) is 4.79 Å². The van der Waals surface area contributed by atoms with Crippen molar-refractivity contribution in [1.29, 1.82) is 0 Å². The molecule has 0 aliphatic rings. The largest absolute Gasteiger partial charge is 0.483 e. The van der Waals surface area contributed by atoms with Crippen molar-refractivity contribution >= 4 is 22.5 Å². The Labute approximate surface area is 172 Å². The zero-order chi connectivity index (χ0) is 21.4. The van der Waals surface area contributed by atoms with Crippen LogP contribution in [0, 0.1) is 20.8 Å². The summed E-state index contributed by atoms with van der Waals surface area (Å²) >= 11 is 0. The Morgan fingerprint density at radius 1 is 1.13 bits per heavy atom. The predicted molar refractivity (Wildman–Crippen MR) is 112 cm³/mol. The van der Waals surface area contributed by atoms with Crippen LogP contribution in [0.3, 0.4) is 0 Å². The number of pyridine rings is 1. The van der Waals surface area contributed by atoms with E-state index in [1.165, 1.54) is 0 Å². The van der Waals surface area contributed by atoms with E-state index in [0.717, 1.165) is 10.9 Å². The van der Waals surface area contributed by atoms with Gasteiger partial charge in [-0.15, -0.1) is 10.2 Å². The molecule has 8 heteroatoms. The maximum absolute atomic E-state index is 12.4. The van der Waals surface area contributed by atoms with Crippen molar-refractivity contribution in [2.45, 2.75) is 33.7 Å². The zero-order valence-electron chi connectivity index (χ0n) is 17.2. The number of ether oxygens (including phenoxy) is 1. The van der Waals surface area contributed by atoms with E-state index in [1.807, 2.05) is 48.7 Å². The molecule has 3 heterocycles. The first-order valence-electron chi connectivity index (χ1n) is 9.62. The highest BCUT2D eigenvalue weighted by molar-refractivity contribution is 5.85. The molecule has 0 spiro atoms. The molecule has 3 aromatic heterocycles.